The molecular formula is C13H19N3O2. The largest absolute Gasteiger partial charge is 0.355 e. The van der Waals surface area contributed by atoms with Crippen LogP contribution in [0.4, 0.5) is 5.69 Å². The lowest BCUT2D eigenvalue weighted by Gasteiger charge is -2.13. The molecule has 5 heteroatoms. The first-order valence-electron chi connectivity index (χ1n) is 5.99. The Bertz CT molecular complexity index is 392. The normalized spacial score (nSPS) is 11.7. The molecule has 18 heavy (non-hydrogen) atoms. The van der Waals surface area contributed by atoms with Crippen molar-refractivity contribution in [2.45, 2.75) is 19.9 Å². The summed E-state index contributed by atoms with van der Waals surface area (Å²) in [5.74, 6) is -0.276. The fourth-order valence-electron chi connectivity index (χ4n) is 1.39. The van der Waals surface area contributed by atoms with Crippen LogP contribution in [0.25, 0.3) is 0 Å². The minimum Gasteiger partial charge on any atom is -0.355 e. The number of nitrogens with one attached hydrogen (secondary N) is 3. The zero-order chi connectivity index (χ0) is 13.4. The number of hydrogen-bond donors (Lipinski definition) is 3. The molecule has 0 radical (unpaired) electrons. The second-order valence-electron chi connectivity index (χ2n) is 3.91. The molecule has 1 unspecified atom stereocenters. The maximum absolute atomic E-state index is 11.6. The van der Waals surface area contributed by atoms with E-state index in [1.807, 2.05) is 37.3 Å². The lowest BCUT2D eigenvalue weighted by Crippen LogP contribution is -2.44. The van der Waals surface area contributed by atoms with E-state index >= 15 is 0 Å². The van der Waals surface area contributed by atoms with Crippen LogP contribution in [0.15, 0.2) is 30.3 Å². The summed E-state index contributed by atoms with van der Waals surface area (Å²) in [4.78, 5) is 23.0. The minimum atomic E-state index is -0.383. The van der Waals surface area contributed by atoms with Crippen molar-refractivity contribution >= 4 is 17.5 Å². The predicted molar refractivity (Wildman–Crippen MR) is 71.2 cm³/mol. The molecule has 1 atom stereocenters. The molecule has 2 amide bonds. The third-order valence-electron chi connectivity index (χ3n) is 2.37. The monoisotopic (exact) mass is 249 g/mol. The van der Waals surface area contributed by atoms with Crippen molar-refractivity contribution in [2.24, 2.45) is 0 Å². The van der Waals surface area contributed by atoms with Gasteiger partial charge >= 0.3 is 0 Å². The highest BCUT2D eigenvalue weighted by molar-refractivity contribution is 5.92. The van der Waals surface area contributed by atoms with Gasteiger partial charge in [0.05, 0.1) is 12.6 Å². The minimum absolute atomic E-state index is 0.104. The summed E-state index contributed by atoms with van der Waals surface area (Å²) in [5, 5.41) is 8.28. The molecule has 1 rings (SSSR count). The molecule has 1 aromatic carbocycles. The Morgan fingerprint density at radius 2 is 1.89 bits per heavy atom. The van der Waals surface area contributed by atoms with Crippen molar-refractivity contribution in [3.63, 3.8) is 0 Å². The molecule has 0 spiro atoms. The molecule has 0 aliphatic rings. The van der Waals surface area contributed by atoms with E-state index in [1.54, 1.807) is 6.92 Å². The Kier molecular flexibility index (Phi) is 5.87. The van der Waals surface area contributed by atoms with E-state index < -0.39 is 0 Å². The molecule has 0 heterocycles. The standard InChI is InChI=1S/C13H19N3O2/c1-3-14-13(18)10(2)15-9-12(17)16-11-7-5-4-6-8-11/h4-8,10,15H,3,9H2,1-2H3,(H,14,18)(H,16,17). The highest BCUT2D eigenvalue weighted by Gasteiger charge is 2.12. The van der Waals surface area contributed by atoms with Crippen LogP contribution < -0.4 is 16.0 Å². The molecule has 5 nitrogen and oxygen atoms in total. The molecule has 0 aromatic heterocycles. The van der Waals surface area contributed by atoms with E-state index in [1.165, 1.54) is 0 Å². The van der Waals surface area contributed by atoms with Crippen LogP contribution in [0, 0.1) is 0 Å². The van der Waals surface area contributed by atoms with Gasteiger partial charge in [-0.1, -0.05) is 18.2 Å². The Morgan fingerprint density at radius 3 is 2.50 bits per heavy atom. The first-order valence-corrected chi connectivity index (χ1v) is 5.99. The number of anilines is 1. The molecular weight excluding hydrogens is 230 g/mol. The van der Waals surface area contributed by atoms with Gasteiger partial charge in [0.2, 0.25) is 11.8 Å². The molecule has 0 saturated carbocycles. The van der Waals surface area contributed by atoms with Crippen LogP contribution in [0.1, 0.15) is 13.8 Å². The third-order valence-corrected chi connectivity index (χ3v) is 2.37. The van der Waals surface area contributed by atoms with Crippen molar-refractivity contribution in [1.29, 1.82) is 0 Å². The molecule has 3 N–H and O–H groups in total. The zero-order valence-corrected chi connectivity index (χ0v) is 10.7. The molecule has 0 saturated heterocycles. The van der Waals surface area contributed by atoms with Crippen molar-refractivity contribution in [2.75, 3.05) is 18.4 Å². The van der Waals surface area contributed by atoms with E-state index in [2.05, 4.69) is 16.0 Å². The van der Waals surface area contributed by atoms with Gasteiger partial charge in [0, 0.05) is 12.2 Å². The van der Waals surface area contributed by atoms with Crippen molar-refractivity contribution in [3.8, 4) is 0 Å². The molecule has 0 bridgehead atoms. The molecule has 0 aliphatic heterocycles. The van der Waals surface area contributed by atoms with E-state index in [0.717, 1.165) is 5.69 Å². The lowest BCUT2D eigenvalue weighted by atomic mass is 10.3. The molecule has 98 valence electrons. The summed E-state index contributed by atoms with van der Waals surface area (Å²) < 4.78 is 0. The van der Waals surface area contributed by atoms with Gasteiger partial charge < -0.3 is 10.6 Å². The fourth-order valence-corrected chi connectivity index (χ4v) is 1.39. The van der Waals surface area contributed by atoms with Crippen LogP contribution in [-0.4, -0.2) is 30.9 Å². The summed E-state index contributed by atoms with van der Waals surface area (Å²) in [6.45, 7) is 4.27. The van der Waals surface area contributed by atoms with Gasteiger partial charge in [-0.15, -0.1) is 0 Å². The summed E-state index contributed by atoms with van der Waals surface area (Å²) >= 11 is 0. The Labute approximate surface area is 107 Å². The van der Waals surface area contributed by atoms with Gasteiger partial charge in [-0.25, -0.2) is 0 Å². The van der Waals surface area contributed by atoms with Crippen LogP contribution in [-0.2, 0) is 9.59 Å². The summed E-state index contributed by atoms with van der Waals surface area (Å²) in [7, 11) is 0. The maximum Gasteiger partial charge on any atom is 0.238 e. The van der Waals surface area contributed by atoms with Gasteiger partial charge in [0.15, 0.2) is 0 Å². The van der Waals surface area contributed by atoms with Crippen molar-refractivity contribution in [3.05, 3.63) is 30.3 Å². The number of benzene rings is 1. The fraction of sp³-hybridized carbons (Fsp3) is 0.385. The maximum atomic E-state index is 11.6. The number of rotatable bonds is 6. The van der Waals surface area contributed by atoms with E-state index in [4.69, 9.17) is 0 Å². The first kappa shape index (κ1) is 14.2. The van der Waals surface area contributed by atoms with Gasteiger partial charge in [0.25, 0.3) is 0 Å². The number of carbonyl (C=O) groups is 2. The predicted octanol–water partition coefficient (Wildman–Crippen LogP) is 0.739. The topological polar surface area (TPSA) is 70.2 Å². The van der Waals surface area contributed by atoms with Crippen molar-refractivity contribution < 1.29 is 9.59 Å². The van der Waals surface area contributed by atoms with E-state index in [-0.39, 0.29) is 24.4 Å². The number of hydrogen-bond acceptors (Lipinski definition) is 3. The SMILES string of the molecule is CCNC(=O)C(C)NCC(=O)Nc1ccccc1. The van der Waals surface area contributed by atoms with E-state index in [9.17, 15) is 9.59 Å². The third kappa shape index (κ3) is 4.97. The second-order valence-corrected chi connectivity index (χ2v) is 3.91. The van der Waals surface area contributed by atoms with Crippen LogP contribution >= 0.6 is 0 Å². The Morgan fingerprint density at radius 1 is 1.22 bits per heavy atom. The summed E-state index contributed by atoms with van der Waals surface area (Å²) in [5.41, 5.74) is 0.745. The van der Waals surface area contributed by atoms with Crippen LogP contribution in [0.3, 0.4) is 0 Å². The average molecular weight is 249 g/mol. The van der Waals surface area contributed by atoms with Gasteiger partial charge in [-0.2, -0.15) is 0 Å². The Hall–Kier alpha value is -1.88. The van der Waals surface area contributed by atoms with Crippen LogP contribution in [0.2, 0.25) is 0 Å². The molecule has 0 aliphatic carbocycles. The molecule has 0 fully saturated rings. The summed E-state index contributed by atoms with van der Waals surface area (Å²) in [6, 6.07) is 8.81. The highest BCUT2D eigenvalue weighted by Crippen LogP contribution is 2.03. The average Bonchev–Trinajstić information content (AvgIpc) is 2.37. The van der Waals surface area contributed by atoms with Gasteiger partial charge in [-0.05, 0) is 26.0 Å². The first-order chi connectivity index (χ1) is 8.63. The van der Waals surface area contributed by atoms with E-state index in [0.29, 0.717) is 6.54 Å². The Balaban J connectivity index is 2.31. The highest BCUT2D eigenvalue weighted by atomic mass is 16.2. The van der Waals surface area contributed by atoms with Gasteiger partial charge in [-0.3, -0.25) is 14.9 Å². The smallest absolute Gasteiger partial charge is 0.238 e. The lowest BCUT2D eigenvalue weighted by molar-refractivity contribution is -0.122. The van der Waals surface area contributed by atoms with Crippen LogP contribution in [0.5, 0.6) is 0 Å². The number of para-hydroxylation sites is 1. The second kappa shape index (κ2) is 7.45. The number of carbonyl (C=O) groups excluding carboxylic acids is 2. The van der Waals surface area contributed by atoms with Crippen molar-refractivity contribution in [1.82, 2.24) is 10.6 Å². The zero-order valence-electron chi connectivity index (χ0n) is 10.7. The quantitative estimate of drug-likeness (QED) is 0.696. The number of likely N-dealkylation sites (N-methyl/N-ethyl adjacent to an activating group) is 1. The summed E-state index contributed by atoms with van der Waals surface area (Å²) in [6.07, 6.45) is 0. The number of amides is 2. The molecule has 1 aromatic rings. The van der Waals surface area contributed by atoms with Gasteiger partial charge in [0.1, 0.15) is 0 Å².